The number of hydrogen-bond acceptors (Lipinski definition) is 2. The monoisotopic (exact) mass is 940 g/mol. The van der Waals surface area contributed by atoms with E-state index in [9.17, 15) is 150 Å². The molecule has 340 valence electrons. The van der Waals surface area contributed by atoms with Crippen molar-refractivity contribution in [3.63, 3.8) is 0 Å². The third-order valence-corrected chi connectivity index (χ3v) is 6.79. The minimum atomic E-state index is -11.4. The van der Waals surface area contributed by atoms with E-state index in [0.29, 0.717) is 0 Å². The van der Waals surface area contributed by atoms with Gasteiger partial charge in [-0.05, 0) is 0 Å². The molecule has 0 aromatic heterocycles. The topological polar surface area (TPSA) is 26.3 Å². The summed E-state index contributed by atoms with van der Waals surface area (Å²) in [6.45, 7) is 1.94. The first-order valence-corrected chi connectivity index (χ1v) is 11.9. The first kappa shape index (κ1) is 53.8. The van der Waals surface area contributed by atoms with E-state index in [4.69, 9.17) is 0 Å². The lowest BCUT2D eigenvalue weighted by atomic mass is 9.67. The highest BCUT2D eigenvalue weighted by Crippen LogP contribution is 2.74. The van der Waals surface area contributed by atoms with Crippen molar-refractivity contribution >= 4 is 5.97 Å². The molecule has 0 radical (unpaired) electrons. The van der Waals surface area contributed by atoms with Crippen molar-refractivity contribution in [3.05, 3.63) is 12.7 Å². The maximum Gasteiger partial charge on any atom is 0.473 e. The fraction of sp³-hybridized carbons (Fsp3) is 0.850. The highest BCUT2D eigenvalue weighted by atomic mass is 19.4. The van der Waals surface area contributed by atoms with Gasteiger partial charge in [-0.1, -0.05) is 6.58 Å². The minimum absolute atomic E-state index is 1.00. The number of alkyl halides is 35. The Morgan fingerprint density at radius 3 is 0.772 bits per heavy atom. The van der Waals surface area contributed by atoms with Crippen LogP contribution in [0.4, 0.5) is 154 Å². The number of rotatable bonds is 15. The van der Waals surface area contributed by atoms with E-state index in [1.165, 1.54) is 0 Å². The van der Waals surface area contributed by atoms with Crippen LogP contribution in [0.15, 0.2) is 12.7 Å². The van der Waals surface area contributed by atoms with Gasteiger partial charge in [-0.25, -0.2) is 13.6 Å². The molecular weight excluding hydrogens is 937 g/mol. The lowest BCUT2D eigenvalue weighted by Crippen LogP contribution is -2.88. The number of carbonyl (C=O) groups is 1. The van der Waals surface area contributed by atoms with Crippen LogP contribution in [-0.2, 0) is 9.53 Å². The van der Waals surface area contributed by atoms with Gasteiger partial charge in [0.25, 0.3) is 0 Å². The van der Waals surface area contributed by atoms with Crippen molar-refractivity contribution in [2.24, 2.45) is 0 Å². The lowest BCUT2D eigenvalue weighted by molar-refractivity contribution is -0.509. The second-order valence-electron chi connectivity index (χ2n) is 10.3. The van der Waals surface area contributed by atoms with Gasteiger partial charge in [-0.15, -0.1) is 0 Å². The molecule has 0 spiro atoms. The molecule has 0 heterocycles. The molecule has 0 aliphatic rings. The molecule has 0 aromatic rings. The maximum atomic E-state index is 15.3. The number of ether oxygens (including phenoxy) is 1. The molecule has 0 saturated heterocycles. The maximum absolute atomic E-state index is 15.3. The average Bonchev–Trinajstić information content (AvgIpc) is 2.96. The highest BCUT2D eigenvalue weighted by Gasteiger charge is 3.07. The number of esters is 1. The lowest BCUT2D eigenvalue weighted by Gasteiger charge is -2.53. The molecule has 0 N–H and O–H groups in total. The Hall–Kier alpha value is -3.24. The van der Waals surface area contributed by atoms with Crippen molar-refractivity contribution in [3.8, 4) is 0 Å². The summed E-state index contributed by atoms with van der Waals surface area (Å²) in [7, 11) is 0. The van der Waals surface area contributed by atoms with Gasteiger partial charge in [-0.2, -0.15) is 145 Å². The average molecular weight is 940 g/mol. The number of carbonyl (C=O) groups excluding carboxylic acids is 1. The summed E-state index contributed by atoms with van der Waals surface area (Å²) in [4.78, 5) is 10.6. The van der Waals surface area contributed by atoms with Gasteiger partial charge in [0.05, 0.1) is 0 Å². The standard InChI is InChI=1S/C20H3F35O2/c1-2-3(56)57-20(54,55)16(43,44)10(31,32)6(23,24)4(21,8(27,28)18(48,49)50)5(22,17(45,46)47)7(25,26)9(29,30)11(33,34)12(35,36)13(37,38)14(39,40)15(41,42)19(51,52)53/h2H,1H2. The molecular formula is C20H3F35O2. The van der Waals surface area contributed by atoms with Gasteiger partial charge < -0.3 is 4.74 Å². The van der Waals surface area contributed by atoms with Gasteiger partial charge in [0, 0.05) is 6.08 Å². The minimum Gasteiger partial charge on any atom is -0.393 e. The molecule has 0 fully saturated rings. The smallest absolute Gasteiger partial charge is 0.393 e. The summed E-state index contributed by atoms with van der Waals surface area (Å²) in [6, 6.07) is 0. The van der Waals surface area contributed by atoms with E-state index in [2.05, 4.69) is 0 Å². The van der Waals surface area contributed by atoms with E-state index >= 15 is 8.78 Å². The van der Waals surface area contributed by atoms with Crippen molar-refractivity contribution < 1.29 is 163 Å². The van der Waals surface area contributed by atoms with Gasteiger partial charge >= 0.3 is 107 Å². The fourth-order valence-corrected chi connectivity index (χ4v) is 3.62. The van der Waals surface area contributed by atoms with Crippen molar-refractivity contribution in [1.82, 2.24) is 0 Å². The summed E-state index contributed by atoms with van der Waals surface area (Å²) in [5, 5.41) is 0. The summed E-state index contributed by atoms with van der Waals surface area (Å²) in [5.41, 5.74) is -22.8. The molecule has 0 rings (SSSR count). The summed E-state index contributed by atoms with van der Waals surface area (Å²) in [5.74, 6) is -116. The quantitative estimate of drug-likeness (QED) is 0.0929. The molecule has 2 atom stereocenters. The van der Waals surface area contributed by atoms with Crippen LogP contribution in [0.5, 0.6) is 0 Å². The SMILES string of the molecule is C=CC(=O)OC(F)(F)C(F)(F)C(F)(F)C(F)(F)C(F)(C(F)(F)C(F)(F)F)C(F)(C(F)(F)F)C(F)(F)C(F)(F)C(F)(F)C(F)(F)C(F)(F)C(F)(F)C(F)(F)C(F)(F)F. The Morgan fingerprint density at radius 1 is 0.298 bits per heavy atom. The molecule has 0 aliphatic heterocycles. The van der Waals surface area contributed by atoms with Gasteiger partial charge in [0.15, 0.2) is 0 Å². The Morgan fingerprint density at radius 2 is 0.526 bits per heavy atom. The molecule has 0 amide bonds. The molecule has 0 aliphatic carbocycles. The van der Waals surface area contributed by atoms with Crippen LogP contribution in [0, 0.1) is 0 Å². The van der Waals surface area contributed by atoms with Gasteiger partial charge in [-0.3, -0.25) is 0 Å². The zero-order chi connectivity index (χ0) is 47.5. The molecule has 57 heavy (non-hydrogen) atoms. The number of hydrogen-bond donors (Lipinski definition) is 0. The zero-order valence-corrected chi connectivity index (χ0v) is 24.3. The molecule has 2 unspecified atom stereocenters. The van der Waals surface area contributed by atoms with Crippen LogP contribution in [0.1, 0.15) is 0 Å². The van der Waals surface area contributed by atoms with Crippen LogP contribution >= 0.6 is 0 Å². The van der Waals surface area contributed by atoms with E-state index in [0.717, 1.165) is 0 Å². The van der Waals surface area contributed by atoms with Crippen molar-refractivity contribution in [2.75, 3.05) is 0 Å². The first-order valence-electron chi connectivity index (χ1n) is 11.9. The van der Waals surface area contributed by atoms with E-state index in [1.54, 1.807) is 0 Å². The molecule has 0 bridgehead atoms. The number of halogens is 35. The van der Waals surface area contributed by atoms with Crippen LogP contribution in [-0.4, -0.2) is 107 Å². The van der Waals surface area contributed by atoms with Crippen molar-refractivity contribution in [2.45, 2.75) is 101 Å². The van der Waals surface area contributed by atoms with Crippen LogP contribution < -0.4 is 0 Å². The van der Waals surface area contributed by atoms with E-state index in [1.807, 2.05) is 11.3 Å². The van der Waals surface area contributed by atoms with E-state index < -0.39 is 113 Å². The fourth-order valence-electron chi connectivity index (χ4n) is 3.62. The summed E-state index contributed by atoms with van der Waals surface area (Å²) < 4.78 is 483. The first-order chi connectivity index (χ1) is 24.0. The molecule has 2 nitrogen and oxygen atoms in total. The van der Waals surface area contributed by atoms with Crippen molar-refractivity contribution in [1.29, 1.82) is 0 Å². The van der Waals surface area contributed by atoms with Gasteiger partial charge in [0.1, 0.15) is 0 Å². The zero-order valence-electron chi connectivity index (χ0n) is 24.3. The molecule has 37 heteroatoms. The van der Waals surface area contributed by atoms with E-state index in [-0.39, 0.29) is 0 Å². The van der Waals surface area contributed by atoms with Crippen LogP contribution in [0.2, 0.25) is 0 Å². The second-order valence-corrected chi connectivity index (χ2v) is 10.3. The predicted octanol–water partition coefficient (Wildman–Crippen LogP) is 11.4. The van der Waals surface area contributed by atoms with Crippen LogP contribution in [0.3, 0.4) is 0 Å². The highest BCUT2D eigenvalue weighted by molar-refractivity contribution is 5.81. The largest absolute Gasteiger partial charge is 0.473 e. The third-order valence-electron chi connectivity index (χ3n) is 6.79. The molecule has 0 aromatic carbocycles. The second kappa shape index (κ2) is 13.1. The van der Waals surface area contributed by atoms with Gasteiger partial charge in [0.2, 0.25) is 0 Å². The van der Waals surface area contributed by atoms with Crippen LogP contribution in [0.25, 0.3) is 0 Å². The Kier molecular flexibility index (Phi) is 12.4. The molecule has 0 saturated carbocycles. The normalized spacial score (nSPS) is 18.5. The predicted molar refractivity (Wildman–Crippen MR) is 101 cm³/mol. The Bertz CT molecular complexity index is 1510. The summed E-state index contributed by atoms with van der Waals surface area (Å²) >= 11 is 0. The Balaban J connectivity index is 9.03. The summed E-state index contributed by atoms with van der Waals surface area (Å²) in [6.07, 6.45) is -37.8. The third kappa shape index (κ3) is 6.23. The Labute approximate surface area is 284 Å².